The highest BCUT2D eigenvalue weighted by molar-refractivity contribution is 9.10. The molecule has 31 heavy (non-hydrogen) atoms. The predicted octanol–water partition coefficient (Wildman–Crippen LogP) is 4.67. The third kappa shape index (κ3) is 9.49. The van der Waals surface area contributed by atoms with Gasteiger partial charge in [-0.3, -0.25) is 20.4 Å². The number of carbonyl (C=O) groups is 2. The van der Waals surface area contributed by atoms with Crippen LogP contribution in [0.25, 0.3) is 0 Å². The largest absolute Gasteiger partial charge is 0.492 e. The fourth-order valence-corrected chi connectivity index (χ4v) is 3.48. The maximum atomic E-state index is 11.9. The summed E-state index contributed by atoms with van der Waals surface area (Å²) in [6.45, 7) is -0.0167. The van der Waals surface area contributed by atoms with Crippen LogP contribution < -0.4 is 25.6 Å². The average molecular weight is 570 g/mol. The lowest BCUT2D eigenvalue weighted by molar-refractivity contribution is -0.124. The summed E-state index contributed by atoms with van der Waals surface area (Å²) in [7, 11) is 0. The molecule has 2 rings (SSSR count). The van der Waals surface area contributed by atoms with Crippen LogP contribution in [-0.4, -0.2) is 30.1 Å². The predicted molar refractivity (Wildman–Crippen MR) is 128 cm³/mol. The molecule has 2 aromatic rings. The van der Waals surface area contributed by atoms with E-state index in [-0.39, 0.29) is 30.7 Å². The Kier molecular flexibility index (Phi) is 10.6. The van der Waals surface area contributed by atoms with Gasteiger partial charge in [-0.2, -0.15) is 0 Å². The summed E-state index contributed by atoms with van der Waals surface area (Å²) in [6.07, 6.45) is 0.591. The van der Waals surface area contributed by atoms with Crippen molar-refractivity contribution in [3.05, 3.63) is 55.9 Å². The minimum atomic E-state index is -0.510. The van der Waals surface area contributed by atoms with Crippen molar-refractivity contribution in [2.75, 3.05) is 13.2 Å². The summed E-state index contributed by atoms with van der Waals surface area (Å²) in [6, 6.07) is 9.89. The van der Waals surface area contributed by atoms with Gasteiger partial charge in [0, 0.05) is 15.9 Å². The van der Waals surface area contributed by atoms with Crippen molar-refractivity contribution >= 4 is 79.9 Å². The van der Waals surface area contributed by atoms with E-state index in [9.17, 15) is 9.59 Å². The van der Waals surface area contributed by atoms with Gasteiger partial charge < -0.3 is 14.8 Å². The van der Waals surface area contributed by atoms with Gasteiger partial charge in [0.1, 0.15) is 11.5 Å². The first-order valence-electron chi connectivity index (χ1n) is 8.79. The molecule has 0 aromatic heterocycles. The van der Waals surface area contributed by atoms with Gasteiger partial charge in [0.15, 0.2) is 11.7 Å². The standard InChI is InChI=1S/C19H17BrCl3N3O4S/c20-11-3-5-16(13(22)8-11)30-10-18(28)25-26-19(31)24-17(27)2-1-7-29-15-6-4-12(21)9-14(15)23/h3-6,8-9H,1-2,7,10H2,(H,25,28)(H2,24,26,27,31). The molecule has 0 aliphatic heterocycles. The molecule has 0 saturated heterocycles. The summed E-state index contributed by atoms with van der Waals surface area (Å²) in [5.74, 6) is -0.00436. The van der Waals surface area contributed by atoms with Crippen molar-refractivity contribution in [3.63, 3.8) is 0 Å². The molecule has 0 bridgehead atoms. The van der Waals surface area contributed by atoms with Crippen molar-refractivity contribution in [1.82, 2.24) is 16.2 Å². The lowest BCUT2D eigenvalue weighted by Gasteiger charge is -2.12. The fourth-order valence-electron chi connectivity index (χ4n) is 2.13. The molecule has 2 amide bonds. The van der Waals surface area contributed by atoms with E-state index in [4.69, 9.17) is 56.5 Å². The van der Waals surface area contributed by atoms with Gasteiger partial charge >= 0.3 is 0 Å². The smallest absolute Gasteiger partial charge is 0.276 e. The second kappa shape index (κ2) is 12.9. The van der Waals surface area contributed by atoms with E-state index in [0.29, 0.717) is 33.0 Å². The number of benzene rings is 2. The van der Waals surface area contributed by atoms with E-state index >= 15 is 0 Å². The van der Waals surface area contributed by atoms with E-state index in [1.54, 1.807) is 36.4 Å². The monoisotopic (exact) mass is 567 g/mol. The normalized spacial score (nSPS) is 10.2. The van der Waals surface area contributed by atoms with Gasteiger partial charge in [0.25, 0.3) is 5.91 Å². The molecule has 0 aliphatic rings. The van der Waals surface area contributed by atoms with Crippen LogP contribution in [0.15, 0.2) is 40.9 Å². The van der Waals surface area contributed by atoms with Crippen LogP contribution in [0.5, 0.6) is 11.5 Å². The first-order chi connectivity index (χ1) is 14.7. The Morgan fingerprint density at radius 1 is 0.935 bits per heavy atom. The Hall–Kier alpha value is -1.78. The zero-order chi connectivity index (χ0) is 22.8. The van der Waals surface area contributed by atoms with Crippen molar-refractivity contribution in [2.45, 2.75) is 12.8 Å². The van der Waals surface area contributed by atoms with Crippen LogP contribution in [-0.2, 0) is 9.59 Å². The first-order valence-corrected chi connectivity index (χ1v) is 11.1. The van der Waals surface area contributed by atoms with Crippen LogP contribution in [0.2, 0.25) is 15.1 Å². The number of ether oxygens (including phenoxy) is 2. The number of hydrogen-bond donors (Lipinski definition) is 3. The third-order valence-corrected chi connectivity index (χ3v) is 5.04. The quantitative estimate of drug-likeness (QED) is 0.243. The van der Waals surface area contributed by atoms with Gasteiger partial charge in [0.05, 0.1) is 16.7 Å². The van der Waals surface area contributed by atoms with E-state index in [1.807, 2.05) is 0 Å². The second-order valence-corrected chi connectivity index (χ2v) is 8.52. The first kappa shape index (κ1) is 25.5. The molecule has 2 aromatic carbocycles. The average Bonchev–Trinajstić information content (AvgIpc) is 2.70. The third-order valence-electron chi connectivity index (χ3n) is 3.52. The number of nitrogens with one attached hydrogen (secondary N) is 3. The molecule has 0 radical (unpaired) electrons. The zero-order valence-electron chi connectivity index (χ0n) is 15.8. The van der Waals surface area contributed by atoms with Crippen LogP contribution in [0, 0.1) is 0 Å². The lowest BCUT2D eigenvalue weighted by atomic mass is 10.3. The fraction of sp³-hybridized carbons (Fsp3) is 0.211. The molecular weight excluding hydrogens is 553 g/mol. The number of rotatable bonds is 8. The zero-order valence-corrected chi connectivity index (χ0v) is 20.5. The molecule has 0 spiro atoms. The number of carbonyl (C=O) groups excluding carboxylic acids is 2. The Morgan fingerprint density at radius 3 is 2.32 bits per heavy atom. The molecular formula is C19H17BrCl3N3O4S. The van der Waals surface area contributed by atoms with Crippen LogP contribution in [0.4, 0.5) is 0 Å². The molecule has 0 saturated carbocycles. The van der Waals surface area contributed by atoms with Crippen molar-refractivity contribution in [1.29, 1.82) is 0 Å². The highest BCUT2D eigenvalue weighted by atomic mass is 79.9. The van der Waals surface area contributed by atoms with Crippen molar-refractivity contribution in [3.8, 4) is 11.5 Å². The van der Waals surface area contributed by atoms with E-state index in [2.05, 4.69) is 32.1 Å². The van der Waals surface area contributed by atoms with Crippen molar-refractivity contribution < 1.29 is 19.1 Å². The maximum absolute atomic E-state index is 11.9. The minimum absolute atomic E-state index is 0.0540. The molecule has 12 heteroatoms. The topological polar surface area (TPSA) is 88.7 Å². The highest BCUT2D eigenvalue weighted by Gasteiger charge is 2.09. The Balaban J connectivity index is 1.60. The van der Waals surface area contributed by atoms with Crippen LogP contribution >= 0.6 is 63.0 Å². The summed E-state index contributed by atoms with van der Waals surface area (Å²) < 4.78 is 11.6. The molecule has 166 valence electrons. The molecule has 0 atom stereocenters. The molecule has 7 nitrogen and oxygen atoms in total. The number of thiocarbonyl (C=S) groups is 1. The lowest BCUT2D eigenvalue weighted by Crippen LogP contribution is -2.49. The summed E-state index contributed by atoms with van der Waals surface area (Å²) in [5.41, 5.74) is 4.74. The molecule has 3 N–H and O–H groups in total. The molecule has 0 fully saturated rings. The Bertz CT molecular complexity index is 965. The van der Waals surface area contributed by atoms with Gasteiger partial charge in [-0.05, 0) is 55.0 Å². The van der Waals surface area contributed by atoms with Crippen LogP contribution in [0.3, 0.4) is 0 Å². The Morgan fingerprint density at radius 2 is 1.61 bits per heavy atom. The maximum Gasteiger partial charge on any atom is 0.276 e. The van der Waals surface area contributed by atoms with E-state index < -0.39 is 5.91 Å². The summed E-state index contributed by atoms with van der Waals surface area (Å²) >= 11 is 26.1. The molecule has 0 aliphatic carbocycles. The minimum Gasteiger partial charge on any atom is -0.492 e. The van der Waals surface area contributed by atoms with E-state index in [1.165, 1.54) is 0 Å². The van der Waals surface area contributed by atoms with Gasteiger partial charge in [0.2, 0.25) is 5.91 Å². The van der Waals surface area contributed by atoms with Crippen LogP contribution in [0.1, 0.15) is 12.8 Å². The van der Waals surface area contributed by atoms with Gasteiger partial charge in [-0.15, -0.1) is 0 Å². The number of hydrogen-bond acceptors (Lipinski definition) is 5. The second-order valence-electron chi connectivity index (χ2n) is 5.94. The summed E-state index contributed by atoms with van der Waals surface area (Å²) in [4.78, 5) is 23.7. The SMILES string of the molecule is O=C(COc1ccc(Br)cc1Cl)NNC(=S)NC(=O)CCCOc1ccc(Cl)cc1Cl. The van der Waals surface area contributed by atoms with Gasteiger partial charge in [-0.1, -0.05) is 50.7 Å². The Labute approximate surface area is 207 Å². The molecule has 0 unspecified atom stereocenters. The number of halogens is 4. The van der Waals surface area contributed by atoms with Crippen molar-refractivity contribution in [2.24, 2.45) is 0 Å². The number of amides is 2. The van der Waals surface area contributed by atoms with Gasteiger partial charge in [-0.25, -0.2) is 0 Å². The van der Waals surface area contributed by atoms with E-state index in [0.717, 1.165) is 4.47 Å². The molecule has 0 heterocycles. The highest BCUT2D eigenvalue weighted by Crippen LogP contribution is 2.28. The summed E-state index contributed by atoms with van der Waals surface area (Å²) in [5, 5.41) is 3.65. The number of hydrazine groups is 1.